The highest BCUT2D eigenvalue weighted by Gasteiger charge is 2.19. The van der Waals surface area contributed by atoms with Crippen molar-refractivity contribution in [1.29, 1.82) is 0 Å². The van der Waals surface area contributed by atoms with E-state index in [2.05, 4.69) is 34.7 Å². The number of carbonyl (C=O) groups excluding carboxylic acids is 1. The Morgan fingerprint density at radius 1 is 1.25 bits per heavy atom. The van der Waals surface area contributed by atoms with Crippen molar-refractivity contribution < 1.29 is 14.7 Å². The Morgan fingerprint density at radius 3 is 2.42 bits per heavy atom. The van der Waals surface area contributed by atoms with Gasteiger partial charge in [0.2, 0.25) is 5.91 Å². The molecule has 0 saturated carbocycles. The molecule has 0 aliphatic carbocycles. The first-order valence-corrected chi connectivity index (χ1v) is 7.92. The number of carboxylic acid groups (broad SMARTS) is 1. The summed E-state index contributed by atoms with van der Waals surface area (Å²) >= 11 is 0. The van der Waals surface area contributed by atoms with Gasteiger partial charge in [-0.1, -0.05) is 50.3 Å². The highest BCUT2D eigenvalue weighted by molar-refractivity contribution is 5.84. The molecule has 0 aliphatic heterocycles. The summed E-state index contributed by atoms with van der Waals surface area (Å²) in [5.41, 5.74) is 2.11. The molecule has 0 bridgehead atoms. The van der Waals surface area contributed by atoms with Gasteiger partial charge >= 0.3 is 5.97 Å². The number of hydrogen-bond donors (Lipinski definition) is 2. The molecule has 0 fully saturated rings. The second-order valence-electron chi connectivity index (χ2n) is 5.99. The molecule has 7 heteroatoms. The van der Waals surface area contributed by atoms with E-state index in [-0.39, 0.29) is 30.1 Å². The summed E-state index contributed by atoms with van der Waals surface area (Å²) in [7, 11) is 0. The molecule has 0 aliphatic rings. The van der Waals surface area contributed by atoms with E-state index < -0.39 is 5.97 Å². The molecule has 1 amide bonds. The number of aromatic carboxylic acids is 1. The van der Waals surface area contributed by atoms with Gasteiger partial charge in [-0.2, -0.15) is 0 Å². The molecular weight excluding hydrogens is 308 g/mol. The normalized spacial score (nSPS) is 12.2. The summed E-state index contributed by atoms with van der Waals surface area (Å²) in [6, 6.07) is 8.07. The SMILES string of the molecule is CCc1ccc(C(NC(=O)Cn2cc(C(=O)O)nn2)C(C)C)cc1. The van der Waals surface area contributed by atoms with E-state index in [1.165, 1.54) is 16.4 Å². The quantitative estimate of drug-likeness (QED) is 0.810. The number of hydrogen-bond acceptors (Lipinski definition) is 4. The summed E-state index contributed by atoms with van der Waals surface area (Å²) in [6.07, 6.45) is 2.21. The topological polar surface area (TPSA) is 97.1 Å². The number of carbonyl (C=O) groups is 2. The monoisotopic (exact) mass is 330 g/mol. The summed E-state index contributed by atoms with van der Waals surface area (Å²) in [4.78, 5) is 23.0. The Bertz CT molecular complexity index is 707. The van der Waals surface area contributed by atoms with Crippen LogP contribution in [0.3, 0.4) is 0 Å². The Balaban J connectivity index is 2.05. The second-order valence-corrected chi connectivity index (χ2v) is 5.99. The van der Waals surface area contributed by atoms with E-state index in [0.29, 0.717) is 0 Å². The number of amides is 1. The third-order valence-electron chi connectivity index (χ3n) is 3.79. The van der Waals surface area contributed by atoms with Crippen LogP contribution in [0.5, 0.6) is 0 Å². The highest BCUT2D eigenvalue weighted by atomic mass is 16.4. The van der Waals surface area contributed by atoms with E-state index in [1.807, 2.05) is 26.0 Å². The van der Waals surface area contributed by atoms with Gasteiger partial charge in [-0.05, 0) is 23.5 Å². The van der Waals surface area contributed by atoms with E-state index in [9.17, 15) is 9.59 Å². The minimum absolute atomic E-state index is 0.0729. The van der Waals surface area contributed by atoms with Crippen LogP contribution < -0.4 is 5.32 Å². The van der Waals surface area contributed by atoms with Crippen molar-refractivity contribution in [1.82, 2.24) is 20.3 Å². The van der Waals surface area contributed by atoms with Crippen molar-refractivity contribution in [3.63, 3.8) is 0 Å². The first-order valence-electron chi connectivity index (χ1n) is 7.92. The minimum atomic E-state index is -1.17. The molecule has 0 radical (unpaired) electrons. The third-order valence-corrected chi connectivity index (χ3v) is 3.79. The zero-order valence-electron chi connectivity index (χ0n) is 14.1. The highest BCUT2D eigenvalue weighted by Crippen LogP contribution is 2.22. The van der Waals surface area contributed by atoms with Crippen LogP contribution in [0.25, 0.3) is 0 Å². The fourth-order valence-corrected chi connectivity index (χ4v) is 2.44. The van der Waals surface area contributed by atoms with E-state index in [4.69, 9.17) is 5.11 Å². The third kappa shape index (κ3) is 4.41. The van der Waals surface area contributed by atoms with Gasteiger partial charge in [-0.15, -0.1) is 5.10 Å². The van der Waals surface area contributed by atoms with Crippen molar-refractivity contribution in [3.05, 3.63) is 47.3 Å². The Kier molecular flexibility index (Phi) is 5.68. The molecule has 1 unspecified atom stereocenters. The zero-order valence-corrected chi connectivity index (χ0v) is 14.1. The molecule has 0 saturated heterocycles. The lowest BCUT2D eigenvalue weighted by Crippen LogP contribution is -2.34. The number of carboxylic acids is 1. The van der Waals surface area contributed by atoms with Gasteiger partial charge in [0, 0.05) is 0 Å². The van der Waals surface area contributed by atoms with E-state index >= 15 is 0 Å². The van der Waals surface area contributed by atoms with Gasteiger partial charge in [-0.3, -0.25) is 4.79 Å². The summed E-state index contributed by atoms with van der Waals surface area (Å²) < 4.78 is 1.22. The number of nitrogens with zero attached hydrogens (tertiary/aromatic N) is 3. The van der Waals surface area contributed by atoms with Crippen molar-refractivity contribution in [2.75, 3.05) is 0 Å². The lowest BCUT2D eigenvalue weighted by Gasteiger charge is -2.23. The summed E-state index contributed by atoms with van der Waals surface area (Å²) in [5.74, 6) is -1.19. The van der Waals surface area contributed by atoms with Crippen LogP contribution in [0.2, 0.25) is 0 Å². The number of rotatable bonds is 7. The number of nitrogens with one attached hydrogen (secondary N) is 1. The molecule has 24 heavy (non-hydrogen) atoms. The van der Waals surface area contributed by atoms with Crippen LogP contribution in [-0.2, 0) is 17.8 Å². The smallest absolute Gasteiger partial charge is 0.358 e. The Labute approximate surface area is 140 Å². The zero-order chi connectivity index (χ0) is 17.7. The van der Waals surface area contributed by atoms with Crippen LogP contribution in [0.4, 0.5) is 0 Å². The number of aryl methyl sites for hydroxylation is 1. The Hall–Kier alpha value is -2.70. The summed E-state index contributed by atoms with van der Waals surface area (Å²) in [6.45, 7) is 6.10. The average molecular weight is 330 g/mol. The maximum atomic E-state index is 12.3. The number of aromatic nitrogens is 3. The van der Waals surface area contributed by atoms with Gasteiger partial charge < -0.3 is 10.4 Å². The van der Waals surface area contributed by atoms with Crippen molar-refractivity contribution in [2.45, 2.75) is 39.8 Å². The van der Waals surface area contributed by atoms with Crippen LogP contribution in [0.1, 0.15) is 48.4 Å². The fraction of sp³-hybridized carbons (Fsp3) is 0.412. The molecular formula is C17H22N4O3. The molecule has 128 valence electrons. The number of benzene rings is 1. The molecule has 0 spiro atoms. The van der Waals surface area contributed by atoms with Crippen LogP contribution >= 0.6 is 0 Å². The lowest BCUT2D eigenvalue weighted by atomic mass is 9.95. The first kappa shape index (κ1) is 17.7. The molecule has 1 aromatic heterocycles. The molecule has 1 atom stereocenters. The standard InChI is InChI=1S/C17H22N4O3/c1-4-12-5-7-13(8-6-12)16(11(2)3)18-15(22)10-21-9-14(17(23)24)19-20-21/h5-9,11,16H,4,10H2,1-3H3,(H,18,22)(H,23,24). The first-order chi connectivity index (χ1) is 11.4. The maximum absolute atomic E-state index is 12.3. The molecule has 2 rings (SSSR count). The molecule has 7 nitrogen and oxygen atoms in total. The van der Waals surface area contributed by atoms with Crippen molar-refractivity contribution in [3.8, 4) is 0 Å². The summed E-state index contributed by atoms with van der Waals surface area (Å²) in [5, 5.41) is 19.0. The van der Waals surface area contributed by atoms with E-state index in [1.54, 1.807) is 0 Å². The van der Waals surface area contributed by atoms with E-state index in [0.717, 1.165) is 12.0 Å². The van der Waals surface area contributed by atoms with Crippen LogP contribution in [0, 0.1) is 5.92 Å². The van der Waals surface area contributed by atoms with Gasteiger partial charge in [0.25, 0.3) is 0 Å². The van der Waals surface area contributed by atoms with Gasteiger partial charge in [-0.25, -0.2) is 9.48 Å². The fourth-order valence-electron chi connectivity index (χ4n) is 2.44. The maximum Gasteiger partial charge on any atom is 0.358 e. The van der Waals surface area contributed by atoms with Crippen LogP contribution in [-0.4, -0.2) is 32.0 Å². The molecule has 2 N–H and O–H groups in total. The van der Waals surface area contributed by atoms with Gasteiger partial charge in [0.15, 0.2) is 5.69 Å². The Morgan fingerprint density at radius 2 is 1.92 bits per heavy atom. The predicted molar refractivity (Wildman–Crippen MR) is 88.5 cm³/mol. The van der Waals surface area contributed by atoms with Crippen molar-refractivity contribution in [2.24, 2.45) is 5.92 Å². The second kappa shape index (κ2) is 7.72. The molecule has 1 heterocycles. The van der Waals surface area contributed by atoms with Gasteiger partial charge in [0.1, 0.15) is 6.54 Å². The average Bonchev–Trinajstić information content (AvgIpc) is 3.01. The lowest BCUT2D eigenvalue weighted by molar-refractivity contribution is -0.123. The predicted octanol–water partition coefficient (Wildman–Crippen LogP) is 2.05. The van der Waals surface area contributed by atoms with Crippen molar-refractivity contribution >= 4 is 11.9 Å². The molecule has 1 aromatic carbocycles. The largest absolute Gasteiger partial charge is 0.476 e. The van der Waals surface area contributed by atoms with Gasteiger partial charge in [0.05, 0.1) is 12.2 Å². The minimum Gasteiger partial charge on any atom is -0.476 e. The molecule has 2 aromatic rings. The van der Waals surface area contributed by atoms with Crippen LogP contribution in [0.15, 0.2) is 30.5 Å².